The van der Waals surface area contributed by atoms with Crippen LogP contribution in [0.4, 0.5) is 0 Å². The first-order valence-corrected chi connectivity index (χ1v) is 19.5. The van der Waals surface area contributed by atoms with Crippen LogP contribution in [0, 0.1) is 12.3 Å². The molecule has 1 atom stereocenters. The maximum atomic E-state index is 5.38. The zero-order valence-electron chi connectivity index (χ0n) is 33.3. The Morgan fingerprint density at radius 3 is 1.94 bits per heavy atom. The Bertz CT molecular complexity index is 1480. The molecule has 0 aliphatic heterocycles. The summed E-state index contributed by atoms with van der Waals surface area (Å²) in [6.45, 7) is 35.1. The summed E-state index contributed by atoms with van der Waals surface area (Å²) in [4.78, 5) is 0. The molecule has 2 nitrogen and oxygen atoms in total. The van der Waals surface area contributed by atoms with E-state index in [1.807, 2.05) is 33.8 Å². The molecule has 0 bridgehead atoms. The molecule has 0 fully saturated rings. The van der Waals surface area contributed by atoms with E-state index in [1.165, 1.54) is 62.2 Å². The molecule has 0 saturated carbocycles. The molecule has 0 radical (unpaired) electrons. The number of allylic oxidation sites excluding steroid dienone is 6. The van der Waals surface area contributed by atoms with Gasteiger partial charge in [0.05, 0.1) is 0 Å². The predicted octanol–water partition coefficient (Wildman–Crippen LogP) is 12.6. The second-order valence-electron chi connectivity index (χ2n) is 13.4. The Balaban J connectivity index is 0.000000885. The van der Waals surface area contributed by atoms with Gasteiger partial charge in [-0.25, -0.2) is 0 Å². The molecule has 0 amide bonds. The molecule has 0 spiro atoms. The first kappa shape index (κ1) is 44.8. The van der Waals surface area contributed by atoms with Gasteiger partial charge in [0.1, 0.15) is 0 Å². The quantitative estimate of drug-likeness (QED) is 0.203. The van der Waals surface area contributed by atoms with Crippen LogP contribution in [0.2, 0.25) is 0 Å². The molecule has 1 unspecified atom stereocenters. The van der Waals surface area contributed by atoms with Crippen molar-refractivity contribution in [3.63, 3.8) is 0 Å². The molecule has 48 heavy (non-hydrogen) atoms. The fraction of sp³-hybridized carbons (Fsp3) is 0.422. The highest BCUT2D eigenvalue weighted by Crippen LogP contribution is 2.46. The summed E-state index contributed by atoms with van der Waals surface area (Å²) >= 11 is 0. The van der Waals surface area contributed by atoms with Gasteiger partial charge in [-0.05, 0) is 107 Å². The van der Waals surface area contributed by atoms with Gasteiger partial charge in [0.25, 0.3) is 0 Å². The van der Waals surface area contributed by atoms with E-state index in [0.29, 0.717) is 5.92 Å². The molecule has 0 heterocycles. The Morgan fingerprint density at radius 1 is 0.896 bits per heavy atom. The van der Waals surface area contributed by atoms with Crippen LogP contribution in [-0.2, 0) is 11.8 Å². The van der Waals surface area contributed by atoms with Crippen molar-refractivity contribution in [1.82, 2.24) is 0 Å². The van der Waals surface area contributed by atoms with Crippen molar-refractivity contribution in [2.24, 2.45) is 16.9 Å². The van der Waals surface area contributed by atoms with E-state index in [0.717, 1.165) is 6.42 Å². The molecule has 1 aliphatic rings. The number of nitrogens with two attached hydrogens (primary N) is 2. The van der Waals surface area contributed by atoms with Gasteiger partial charge in [0.2, 0.25) is 0 Å². The van der Waals surface area contributed by atoms with Crippen molar-refractivity contribution in [3.05, 3.63) is 136 Å². The summed E-state index contributed by atoms with van der Waals surface area (Å²) in [5, 5.41) is 2.95. The predicted molar refractivity (Wildman–Crippen MR) is 223 cm³/mol. The molecule has 0 saturated heterocycles. The average Bonchev–Trinajstić information content (AvgIpc) is 3.35. The largest absolute Gasteiger partial charge is 0.405 e. The highest BCUT2D eigenvalue weighted by molar-refractivity contribution is 7.69. The Hall–Kier alpha value is -3.19. The lowest BCUT2D eigenvalue weighted by atomic mass is 9.83. The highest BCUT2D eigenvalue weighted by atomic mass is 31.1. The summed E-state index contributed by atoms with van der Waals surface area (Å²) in [5.74, 6) is 0.533. The Kier molecular flexibility index (Phi) is 20.3. The van der Waals surface area contributed by atoms with Gasteiger partial charge < -0.3 is 11.5 Å². The number of hydrogen-bond acceptors (Lipinski definition) is 2. The van der Waals surface area contributed by atoms with E-state index in [9.17, 15) is 0 Å². The minimum absolute atomic E-state index is 0.106. The fourth-order valence-corrected chi connectivity index (χ4v) is 7.59. The van der Waals surface area contributed by atoms with Crippen molar-refractivity contribution in [3.8, 4) is 11.1 Å². The first-order valence-electron chi connectivity index (χ1n) is 17.7. The summed E-state index contributed by atoms with van der Waals surface area (Å²) in [5.41, 5.74) is 21.3. The lowest BCUT2D eigenvalue weighted by Gasteiger charge is -2.26. The maximum absolute atomic E-state index is 5.38. The summed E-state index contributed by atoms with van der Waals surface area (Å²) < 4.78 is 0. The van der Waals surface area contributed by atoms with Crippen molar-refractivity contribution >= 4 is 13.2 Å². The molecular formula is C45H69N2P. The zero-order chi connectivity index (χ0) is 37.2. The summed E-state index contributed by atoms with van der Waals surface area (Å²) in [6.07, 6.45) is 9.02. The number of benzene rings is 3. The highest BCUT2D eigenvalue weighted by Gasteiger charge is 2.33. The third kappa shape index (κ3) is 12.0. The zero-order valence-corrected chi connectivity index (χ0v) is 34.1. The number of rotatable bonds is 6. The molecule has 3 aromatic carbocycles. The van der Waals surface area contributed by atoms with E-state index >= 15 is 0 Å². The summed E-state index contributed by atoms with van der Waals surface area (Å²) in [6, 6.07) is 24.1. The normalized spacial score (nSPS) is 14.7. The van der Waals surface area contributed by atoms with Gasteiger partial charge in [0, 0.05) is 5.41 Å². The standard InChI is InChI=1S/C26H35P.C14H17N.2C2H6.CH5N/c1-18(2)23-15-16-24(22-13-11-10-12-14-22)25(21(23)5)27(9)20(4)17-19(3)26(6,7)8;1-14(2)12(7-5-9-15)10-11-6-3-4-8-13(11)14;3*1-2/h10-18H,3H2,1-2,4-9H3;3-9H,10,15H2,1-2H3;2*1-2H3;2H2,1H3/b20-17+;9-5-,12-7+;;;. The van der Waals surface area contributed by atoms with E-state index in [2.05, 4.69) is 160 Å². The molecule has 4 rings (SSSR count). The van der Waals surface area contributed by atoms with E-state index in [-0.39, 0.29) is 10.8 Å². The lowest BCUT2D eigenvalue weighted by Crippen LogP contribution is -2.15. The SMILES string of the molecule is C=C(/C=C(\C)P(C)c1c(-c2ccccc2)ccc(C(C)C)c1C)C(C)(C)C.CC.CC.CC1(C)/C(=C/C=C\N)Cc2ccccc21.CN. The molecule has 3 heteroatoms. The van der Waals surface area contributed by atoms with Crippen LogP contribution in [0.5, 0.6) is 0 Å². The van der Waals surface area contributed by atoms with Crippen LogP contribution in [0.1, 0.15) is 111 Å². The van der Waals surface area contributed by atoms with E-state index < -0.39 is 7.92 Å². The lowest BCUT2D eigenvalue weighted by molar-refractivity contribution is 0.519. The second-order valence-corrected chi connectivity index (χ2v) is 15.6. The summed E-state index contributed by atoms with van der Waals surface area (Å²) in [7, 11) is 1.08. The minimum atomic E-state index is -0.422. The fourth-order valence-electron chi connectivity index (χ4n) is 5.69. The van der Waals surface area contributed by atoms with Gasteiger partial charge in [-0.3, -0.25) is 0 Å². The van der Waals surface area contributed by atoms with E-state index in [1.54, 1.807) is 6.20 Å². The number of hydrogen-bond donors (Lipinski definition) is 2. The van der Waals surface area contributed by atoms with Crippen molar-refractivity contribution < 1.29 is 0 Å². The van der Waals surface area contributed by atoms with Crippen molar-refractivity contribution in [1.29, 1.82) is 0 Å². The van der Waals surface area contributed by atoms with Crippen LogP contribution >= 0.6 is 7.92 Å². The second kappa shape index (κ2) is 21.7. The third-order valence-corrected chi connectivity index (χ3v) is 11.1. The van der Waals surface area contributed by atoms with Crippen LogP contribution < -0.4 is 16.8 Å². The van der Waals surface area contributed by atoms with Gasteiger partial charge >= 0.3 is 0 Å². The smallest absolute Gasteiger partial charge is 0.0114 e. The van der Waals surface area contributed by atoms with E-state index in [4.69, 9.17) is 5.73 Å². The first-order chi connectivity index (χ1) is 22.7. The van der Waals surface area contributed by atoms with Crippen molar-refractivity contribution in [2.75, 3.05) is 13.7 Å². The molecule has 264 valence electrons. The average molecular weight is 669 g/mol. The van der Waals surface area contributed by atoms with Gasteiger partial charge in [-0.15, -0.1) is 0 Å². The Labute approximate surface area is 298 Å². The minimum Gasteiger partial charge on any atom is -0.405 e. The monoisotopic (exact) mass is 669 g/mol. The van der Waals surface area contributed by atoms with Crippen LogP contribution in [0.25, 0.3) is 11.1 Å². The van der Waals surface area contributed by atoms with Crippen LogP contribution in [-0.4, -0.2) is 13.7 Å². The Morgan fingerprint density at radius 2 is 1.44 bits per heavy atom. The van der Waals surface area contributed by atoms with Crippen LogP contribution in [0.15, 0.2) is 114 Å². The molecule has 4 N–H and O–H groups in total. The molecular weight excluding hydrogens is 599 g/mol. The topological polar surface area (TPSA) is 52.0 Å². The molecule has 3 aromatic rings. The van der Waals surface area contributed by atoms with Gasteiger partial charge in [-0.2, -0.15) is 0 Å². The molecule has 0 aromatic heterocycles. The number of fused-ring (bicyclic) bond motifs is 1. The van der Waals surface area contributed by atoms with Gasteiger partial charge in [-0.1, -0.05) is 175 Å². The van der Waals surface area contributed by atoms with Gasteiger partial charge in [0.15, 0.2) is 0 Å². The third-order valence-electron chi connectivity index (χ3n) is 8.67. The maximum Gasteiger partial charge on any atom is 0.0114 e. The van der Waals surface area contributed by atoms with Crippen molar-refractivity contribution in [2.45, 2.75) is 108 Å². The van der Waals surface area contributed by atoms with Crippen LogP contribution in [0.3, 0.4) is 0 Å². The molecule has 1 aliphatic carbocycles.